The summed E-state index contributed by atoms with van der Waals surface area (Å²) >= 11 is 0. The lowest BCUT2D eigenvalue weighted by Crippen LogP contribution is -2.62. The number of carbonyl (C=O) groups is 15. The SMILES string of the molecule is CC[C@H](C)[C@H](NC(=O)[C@H](CO)NC(=O)[C@H](CO)NC(=O)[C@H](CC(C)C)NC(=O)[C@H](CO)NC(=O)[C@H](CC(C)C)NC(=O)CNC(=O)[C@H](C)NC(=O)[C@H](C)NC(=O)[C@@H](NC(=O)[C@H](C)NC(=O)[C@@H](N)[C@@H](C)O)[C@@H](C)O)C(=O)N[C@@H](Cc1ccc(O)cc1)C(=O)N[C@@H](CC(C)C)C(=O)NCC(=O)O. The number of amides is 14. The highest BCUT2D eigenvalue weighted by atomic mass is 16.4. The number of aliphatic carboxylic acids is 1. The van der Waals surface area contributed by atoms with E-state index in [9.17, 15) is 103 Å². The first kappa shape index (κ1) is 88.8. The van der Waals surface area contributed by atoms with Crippen LogP contribution in [0.1, 0.15) is 121 Å². The van der Waals surface area contributed by atoms with Crippen molar-refractivity contribution in [3.63, 3.8) is 0 Å². The van der Waals surface area contributed by atoms with Crippen LogP contribution in [0.2, 0.25) is 0 Å². The van der Waals surface area contributed by atoms with Crippen LogP contribution >= 0.6 is 0 Å². The van der Waals surface area contributed by atoms with Crippen LogP contribution in [0.5, 0.6) is 5.75 Å². The lowest BCUT2D eigenvalue weighted by Gasteiger charge is -2.29. The van der Waals surface area contributed by atoms with Gasteiger partial charge in [-0.25, -0.2) is 0 Å². The molecule has 14 amide bonds. The van der Waals surface area contributed by atoms with Gasteiger partial charge in [-0.2, -0.15) is 0 Å². The summed E-state index contributed by atoms with van der Waals surface area (Å²) in [4.78, 5) is 199. The maximum atomic E-state index is 14.2. The highest BCUT2D eigenvalue weighted by Gasteiger charge is 2.38. The van der Waals surface area contributed by atoms with Crippen LogP contribution in [0, 0.1) is 23.7 Å². The summed E-state index contributed by atoms with van der Waals surface area (Å²) in [7, 11) is 0. The van der Waals surface area contributed by atoms with Crippen molar-refractivity contribution < 1.29 is 108 Å². The number of nitrogens with one attached hydrogen (secondary N) is 14. The van der Waals surface area contributed by atoms with Gasteiger partial charge in [-0.1, -0.05) is 73.9 Å². The van der Waals surface area contributed by atoms with Crippen LogP contribution in [0.4, 0.5) is 0 Å². The number of benzene rings is 1. The number of phenols is 1. The van der Waals surface area contributed by atoms with E-state index >= 15 is 0 Å². The summed E-state index contributed by atoms with van der Waals surface area (Å²) in [5.74, 6) is -16.8. The number of nitrogens with two attached hydrogens (primary N) is 1. The Kier molecular flexibility index (Phi) is 39.1. The molecule has 0 aromatic heterocycles. The normalized spacial score (nSPS) is 16.1. The maximum absolute atomic E-state index is 14.2. The average molecular weight is 1420 g/mol. The highest BCUT2D eigenvalue weighted by molar-refractivity contribution is 6.00. The molecule has 23 N–H and O–H groups in total. The number of phenolic OH excluding ortho intramolecular Hbond substituents is 1. The fourth-order valence-electron chi connectivity index (χ4n) is 9.25. The smallest absolute Gasteiger partial charge is 0.322 e. The van der Waals surface area contributed by atoms with Gasteiger partial charge in [0.2, 0.25) is 82.7 Å². The lowest BCUT2D eigenvalue weighted by atomic mass is 9.96. The number of rotatable bonds is 44. The molecular formula is C63H105N15O22. The molecule has 37 nitrogen and oxygen atoms in total. The largest absolute Gasteiger partial charge is 0.508 e. The van der Waals surface area contributed by atoms with Crippen LogP contribution < -0.4 is 80.2 Å². The van der Waals surface area contributed by atoms with Crippen LogP contribution in [0.15, 0.2) is 24.3 Å². The number of carboxylic acid groups (broad SMARTS) is 1. The number of carboxylic acids is 1. The highest BCUT2D eigenvalue weighted by Crippen LogP contribution is 2.16. The Morgan fingerprint density at radius 2 is 0.720 bits per heavy atom. The average Bonchev–Trinajstić information content (AvgIpc) is 0.845. The molecule has 0 unspecified atom stereocenters. The Hall–Kier alpha value is -9.17. The molecule has 37 heteroatoms. The third-order valence-corrected chi connectivity index (χ3v) is 15.3. The first-order valence-corrected chi connectivity index (χ1v) is 32.7. The van der Waals surface area contributed by atoms with E-state index in [1.54, 1.807) is 55.4 Å². The predicted molar refractivity (Wildman–Crippen MR) is 356 cm³/mol. The van der Waals surface area contributed by atoms with Gasteiger partial charge in [0.25, 0.3) is 0 Å². The third-order valence-electron chi connectivity index (χ3n) is 15.3. The van der Waals surface area contributed by atoms with Crippen LogP contribution in [0.25, 0.3) is 0 Å². The van der Waals surface area contributed by atoms with Gasteiger partial charge >= 0.3 is 5.97 Å². The molecule has 1 aromatic rings. The Balaban J connectivity index is 3.18. The van der Waals surface area contributed by atoms with Crippen molar-refractivity contribution in [2.24, 2.45) is 29.4 Å². The first-order valence-electron chi connectivity index (χ1n) is 32.7. The Morgan fingerprint density at radius 3 is 1.14 bits per heavy atom. The quantitative estimate of drug-likeness (QED) is 0.0289. The summed E-state index contributed by atoms with van der Waals surface area (Å²) in [6.07, 6.45) is -2.88. The predicted octanol–water partition coefficient (Wildman–Crippen LogP) is -7.62. The third kappa shape index (κ3) is 31.8. The van der Waals surface area contributed by atoms with Crippen LogP contribution in [-0.4, -0.2) is 248 Å². The van der Waals surface area contributed by atoms with Crippen molar-refractivity contribution >= 4 is 88.7 Å². The topological polar surface area (TPSA) is 592 Å². The zero-order chi connectivity index (χ0) is 76.6. The number of hydrogen-bond acceptors (Lipinski definition) is 22. The van der Waals surface area contributed by atoms with Gasteiger partial charge in [-0.05, 0) is 95.2 Å². The maximum Gasteiger partial charge on any atom is 0.322 e. The van der Waals surface area contributed by atoms with E-state index in [0.29, 0.717) is 5.56 Å². The minimum absolute atomic E-state index is 0.0580. The molecular weight excluding hydrogens is 1320 g/mol. The molecule has 100 heavy (non-hydrogen) atoms. The molecule has 16 atom stereocenters. The summed E-state index contributed by atoms with van der Waals surface area (Å²) in [6.45, 7) is 14.8. The van der Waals surface area contributed by atoms with Gasteiger partial charge in [-0.15, -0.1) is 0 Å². The van der Waals surface area contributed by atoms with E-state index in [1.807, 2.05) is 0 Å². The molecule has 0 aliphatic rings. The van der Waals surface area contributed by atoms with E-state index in [2.05, 4.69) is 74.4 Å². The molecule has 0 heterocycles. The monoisotopic (exact) mass is 1420 g/mol. The Morgan fingerprint density at radius 1 is 0.380 bits per heavy atom. The standard InChI is InChI=1S/C63H105N15O22/c1-14-31(8)49(62(99)73-42(22-37-15-17-38(84)18-16-37)57(94)71-39(19-28(2)3)54(91)66-24-47(86)87)77-60(97)45(27-81)76-59(96)44(26-80)75-56(93)41(21-30(6)7)72-58(95)43(25-79)74-55(92)40(20-29(4)5)70-46(85)23-65-51(88)32(9)67-52(89)33(10)69-63(100)50(36(13)83)78-53(90)34(11)68-61(98)48(64)35(12)82/h15-18,28-36,39-45,48-50,79-84H,14,19-27,64H2,1-13H3,(H,65,88)(H,66,91)(H,67,89)(H,68,98)(H,69,100)(H,70,85)(H,71,94)(H,72,95)(H,73,99)(H,74,92)(H,75,93)(H,76,96)(H,77,97)(H,78,90)(H,86,87)/t31-,32-,33-,34-,35+,36+,39-,40-,41-,42-,43-,44-,45-,48-,49-,50-/m0/s1. The van der Waals surface area contributed by atoms with Crippen molar-refractivity contribution in [1.29, 1.82) is 0 Å². The van der Waals surface area contributed by atoms with E-state index in [1.165, 1.54) is 52.0 Å². The molecule has 0 radical (unpaired) electrons. The molecule has 0 fully saturated rings. The second-order valence-corrected chi connectivity index (χ2v) is 25.7. The summed E-state index contributed by atoms with van der Waals surface area (Å²) in [5.41, 5.74) is 6.02. The fourth-order valence-corrected chi connectivity index (χ4v) is 9.25. The molecule has 564 valence electrons. The second-order valence-electron chi connectivity index (χ2n) is 25.7. The fraction of sp³-hybridized carbons (Fsp3) is 0.667. The van der Waals surface area contributed by atoms with E-state index in [4.69, 9.17) is 10.8 Å². The van der Waals surface area contributed by atoms with E-state index in [-0.39, 0.29) is 55.6 Å². The second kappa shape index (κ2) is 44.1. The number of hydrogen-bond donors (Lipinski definition) is 22. The van der Waals surface area contributed by atoms with E-state index < -0.39 is 218 Å². The van der Waals surface area contributed by atoms with Crippen molar-refractivity contribution in [3.8, 4) is 5.75 Å². The molecule has 0 saturated carbocycles. The summed E-state index contributed by atoms with van der Waals surface area (Å²) in [6, 6.07) is -14.0. The molecule has 0 aliphatic heterocycles. The molecule has 1 rings (SSSR count). The number of aliphatic hydroxyl groups excluding tert-OH is 5. The van der Waals surface area contributed by atoms with Crippen LogP contribution in [-0.2, 0) is 78.3 Å². The number of carbonyl (C=O) groups excluding carboxylic acids is 14. The minimum Gasteiger partial charge on any atom is -0.508 e. The van der Waals surface area contributed by atoms with Gasteiger partial charge < -0.3 is 116 Å². The summed E-state index contributed by atoms with van der Waals surface area (Å²) < 4.78 is 0. The van der Waals surface area contributed by atoms with Gasteiger partial charge in [0.05, 0.1) is 38.6 Å². The minimum atomic E-state index is -1.87. The Labute approximate surface area is 579 Å². The number of aliphatic hydroxyl groups is 5. The lowest BCUT2D eigenvalue weighted by molar-refractivity contribution is -0.139. The van der Waals surface area contributed by atoms with Crippen molar-refractivity contribution in [2.45, 2.75) is 213 Å². The van der Waals surface area contributed by atoms with Gasteiger partial charge in [0.15, 0.2) is 0 Å². The molecule has 0 bridgehead atoms. The van der Waals surface area contributed by atoms with Crippen molar-refractivity contribution in [2.75, 3.05) is 32.9 Å². The number of aromatic hydroxyl groups is 1. The molecule has 0 spiro atoms. The van der Waals surface area contributed by atoms with Gasteiger partial charge in [0.1, 0.15) is 90.8 Å². The summed E-state index contributed by atoms with van der Waals surface area (Å²) in [5, 5.41) is 103. The zero-order valence-electron chi connectivity index (χ0n) is 58.7. The molecule has 0 saturated heterocycles. The zero-order valence-corrected chi connectivity index (χ0v) is 58.7. The molecule has 1 aromatic carbocycles. The first-order chi connectivity index (χ1) is 46.6. The van der Waals surface area contributed by atoms with Crippen molar-refractivity contribution in [1.82, 2.24) is 74.4 Å². The van der Waals surface area contributed by atoms with Crippen LogP contribution in [0.3, 0.4) is 0 Å². The molecule has 0 aliphatic carbocycles. The van der Waals surface area contributed by atoms with Crippen molar-refractivity contribution in [3.05, 3.63) is 29.8 Å². The Bertz CT molecular complexity index is 2950. The van der Waals surface area contributed by atoms with Gasteiger partial charge in [0, 0.05) is 6.42 Å². The van der Waals surface area contributed by atoms with Gasteiger partial charge in [-0.3, -0.25) is 71.9 Å². The van der Waals surface area contributed by atoms with E-state index in [0.717, 1.165) is 6.92 Å².